The number of aryl methyl sites for hydroxylation is 2. The number of hydrogen-bond donors (Lipinski definition) is 2. The lowest BCUT2D eigenvalue weighted by molar-refractivity contribution is -0.137. The lowest BCUT2D eigenvalue weighted by atomic mass is 10.1. The SMILES string of the molecule is O=C(Cc1ccccc1)Nc1nnc(CCCCc2nnc(NC(=O)Cn3cc(-c4ccc(C(F)(F)F)cc4)nn3)s2)s1. The number of halogens is 3. The van der Waals surface area contributed by atoms with Crippen molar-refractivity contribution in [2.75, 3.05) is 10.6 Å². The molecule has 0 spiro atoms. The number of nitrogens with zero attached hydrogens (tertiary/aromatic N) is 7. The van der Waals surface area contributed by atoms with Gasteiger partial charge in [-0.3, -0.25) is 14.9 Å². The summed E-state index contributed by atoms with van der Waals surface area (Å²) in [5, 5.41) is 32.0. The Bertz CT molecular complexity index is 1670. The Labute approximate surface area is 251 Å². The molecule has 2 aromatic carbocycles. The zero-order valence-corrected chi connectivity index (χ0v) is 24.0. The molecule has 0 aliphatic heterocycles. The van der Waals surface area contributed by atoms with E-state index < -0.39 is 17.6 Å². The largest absolute Gasteiger partial charge is 0.416 e. The van der Waals surface area contributed by atoms with E-state index in [1.54, 1.807) is 0 Å². The summed E-state index contributed by atoms with van der Waals surface area (Å²) in [5.74, 6) is -0.535. The van der Waals surface area contributed by atoms with E-state index in [9.17, 15) is 22.8 Å². The van der Waals surface area contributed by atoms with Gasteiger partial charge in [0, 0.05) is 18.4 Å². The molecule has 0 unspecified atom stereocenters. The van der Waals surface area contributed by atoms with E-state index in [-0.39, 0.29) is 18.9 Å². The molecule has 16 heteroatoms. The van der Waals surface area contributed by atoms with Gasteiger partial charge in [0.25, 0.3) is 0 Å². The van der Waals surface area contributed by atoms with Crippen LogP contribution in [0, 0.1) is 0 Å². The smallest absolute Gasteiger partial charge is 0.300 e. The van der Waals surface area contributed by atoms with Crippen LogP contribution in [0.1, 0.15) is 34.0 Å². The second-order valence-corrected chi connectivity index (χ2v) is 11.5. The molecule has 0 saturated carbocycles. The minimum atomic E-state index is -4.42. The summed E-state index contributed by atoms with van der Waals surface area (Å²) < 4.78 is 39.6. The van der Waals surface area contributed by atoms with Crippen LogP contribution < -0.4 is 10.6 Å². The van der Waals surface area contributed by atoms with Gasteiger partial charge in [-0.05, 0) is 30.5 Å². The number of amides is 2. The van der Waals surface area contributed by atoms with Crippen molar-refractivity contribution in [3.8, 4) is 11.3 Å². The Balaban J connectivity index is 1.02. The fraction of sp³-hybridized carbons (Fsp3) is 0.259. The van der Waals surface area contributed by atoms with Gasteiger partial charge < -0.3 is 5.32 Å². The predicted molar refractivity (Wildman–Crippen MR) is 154 cm³/mol. The second-order valence-electron chi connectivity index (χ2n) is 9.34. The Kier molecular flexibility index (Phi) is 9.46. The molecule has 43 heavy (non-hydrogen) atoms. The van der Waals surface area contributed by atoms with Crippen molar-refractivity contribution in [2.45, 2.75) is 44.8 Å². The van der Waals surface area contributed by atoms with Gasteiger partial charge in [0.1, 0.15) is 22.3 Å². The molecule has 2 amide bonds. The van der Waals surface area contributed by atoms with E-state index in [1.807, 2.05) is 30.3 Å². The van der Waals surface area contributed by atoms with Crippen molar-refractivity contribution in [2.24, 2.45) is 0 Å². The van der Waals surface area contributed by atoms with Gasteiger partial charge in [0.05, 0.1) is 18.2 Å². The average molecular weight is 628 g/mol. The summed E-state index contributed by atoms with van der Waals surface area (Å²) in [6, 6.07) is 14.0. The fourth-order valence-corrected chi connectivity index (χ4v) is 5.55. The van der Waals surface area contributed by atoms with E-state index in [4.69, 9.17) is 0 Å². The number of carbonyl (C=O) groups is 2. The summed E-state index contributed by atoms with van der Waals surface area (Å²) in [7, 11) is 0. The van der Waals surface area contributed by atoms with E-state index in [2.05, 4.69) is 41.3 Å². The second kappa shape index (κ2) is 13.6. The highest BCUT2D eigenvalue weighted by Crippen LogP contribution is 2.30. The topological polar surface area (TPSA) is 140 Å². The molecule has 2 N–H and O–H groups in total. The van der Waals surface area contributed by atoms with Crippen LogP contribution >= 0.6 is 22.7 Å². The zero-order chi connectivity index (χ0) is 30.2. The molecule has 0 aliphatic rings. The highest BCUT2D eigenvalue weighted by atomic mass is 32.1. The van der Waals surface area contributed by atoms with Crippen LogP contribution in [0.25, 0.3) is 11.3 Å². The summed E-state index contributed by atoms with van der Waals surface area (Å²) in [5.41, 5.74) is 0.961. The van der Waals surface area contributed by atoms with Gasteiger partial charge >= 0.3 is 6.18 Å². The van der Waals surface area contributed by atoms with Gasteiger partial charge in [0.15, 0.2) is 0 Å². The average Bonchev–Trinajstić information content (AvgIpc) is 3.73. The lowest BCUT2D eigenvalue weighted by Gasteiger charge is -2.06. The number of aromatic nitrogens is 7. The number of unbranched alkanes of at least 4 members (excludes halogenated alkanes) is 1. The monoisotopic (exact) mass is 627 g/mol. The molecule has 11 nitrogen and oxygen atoms in total. The maximum atomic E-state index is 12.8. The van der Waals surface area contributed by atoms with Gasteiger partial charge in [-0.2, -0.15) is 13.2 Å². The molecule has 3 aromatic heterocycles. The van der Waals surface area contributed by atoms with Crippen molar-refractivity contribution >= 4 is 44.8 Å². The Morgan fingerprint density at radius 2 is 1.37 bits per heavy atom. The van der Waals surface area contributed by atoms with E-state index in [0.29, 0.717) is 34.4 Å². The van der Waals surface area contributed by atoms with Crippen molar-refractivity contribution in [1.82, 2.24) is 35.4 Å². The van der Waals surface area contributed by atoms with Crippen LogP contribution in [0.3, 0.4) is 0 Å². The molecule has 5 aromatic rings. The van der Waals surface area contributed by atoms with Crippen LogP contribution in [0.4, 0.5) is 23.4 Å². The Morgan fingerprint density at radius 1 is 0.767 bits per heavy atom. The molecule has 0 saturated heterocycles. The molecule has 5 rings (SSSR count). The summed E-state index contributed by atoms with van der Waals surface area (Å²) in [4.78, 5) is 24.7. The minimum Gasteiger partial charge on any atom is -0.300 e. The molecule has 3 heterocycles. The first-order valence-electron chi connectivity index (χ1n) is 13.1. The highest BCUT2D eigenvalue weighted by Gasteiger charge is 2.30. The van der Waals surface area contributed by atoms with E-state index >= 15 is 0 Å². The third-order valence-corrected chi connectivity index (χ3v) is 7.81. The van der Waals surface area contributed by atoms with Crippen molar-refractivity contribution in [1.29, 1.82) is 0 Å². The van der Waals surface area contributed by atoms with Crippen LogP contribution in [-0.2, 0) is 41.6 Å². The molecular weight excluding hydrogens is 603 g/mol. The standard InChI is InChI=1S/C27H24F3N9O2S2/c28-27(29,30)19-12-10-18(11-13-19)20-15-39(38-33-20)16-22(41)32-26-37-35-24(43-26)9-5-4-8-23-34-36-25(42-23)31-21(40)14-17-6-2-1-3-7-17/h1-3,6-7,10-13,15H,4-5,8-9,14,16H2,(H,31,36,40)(H,32,37,41). The first-order valence-corrected chi connectivity index (χ1v) is 14.7. The van der Waals surface area contributed by atoms with Crippen molar-refractivity contribution < 1.29 is 22.8 Å². The molecule has 0 bridgehead atoms. The molecule has 0 aliphatic carbocycles. The minimum absolute atomic E-state index is 0.141. The van der Waals surface area contributed by atoms with Crippen LogP contribution in [0.2, 0.25) is 0 Å². The van der Waals surface area contributed by atoms with Gasteiger partial charge in [-0.15, -0.1) is 25.5 Å². The van der Waals surface area contributed by atoms with Crippen molar-refractivity contribution in [3.05, 3.63) is 81.9 Å². The van der Waals surface area contributed by atoms with E-state index in [0.717, 1.165) is 40.6 Å². The highest BCUT2D eigenvalue weighted by molar-refractivity contribution is 7.15. The van der Waals surface area contributed by atoms with Crippen molar-refractivity contribution in [3.63, 3.8) is 0 Å². The number of carbonyl (C=O) groups excluding carboxylic acids is 2. The third-order valence-electron chi connectivity index (χ3n) is 6.02. The third kappa shape index (κ3) is 8.71. The van der Waals surface area contributed by atoms with Crippen LogP contribution in [-0.4, -0.2) is 47.2 Å². The Morgan fingerprint density at radius 3 is 1.98 bits per heavy atom. The van der Waals surface area contributed by atoms with Gasteiger partial charge in [0.2, 0.25) is 22.1 Å². The quantitative estimate of drug-likeness (QED) is 0.183. The number of hydrogen-bond acceptors (Lipinski definition) is 10. The molecule has 0 radical (unpaired) electrons. The molecule has 0 atom stereocenters. The molecular formula is C27H24F3N9O2S2. The van der Waals surface area contributed by atoms with E-state index in [1.165, 1.54) is 45.7 Å². The maximum Gasteiger partial charge on any atom is 0.416 e. The van der Waals surface area contributed by atoms with Crippen LogP contribution in [0.5, 0.6) is 0 Å². The molecule has 222 valence electrons. The first kappa shape index (κ1) is 29.9. The fourth-order valence-electron chi connectivity index (χ4n) is 3.95. The van der Waals surface area contributed by atoms with Gasteiger partial charge in [-0.1, -0.05) is 70.4 Å². The number of rotatable bonds is 12. The number of benzene rings is 2. The maximum absolute atomic E-state index is 12.8. The van der Waals surface area contributed by atoms with Crippen LogP contribution in [0.15, 0.2) is 60.8 Å². The summed E-state index contributed by atoms with van der Waals surface area (Å²) in [6.07, 6.45) is 0.367. The number of nitrogens with one attached hydrogen (secondary N) is 2. The predicted octanol–water partition coefficient (Wildman–Crippen LogP) is 5.05. The first-order chi connectivity index (χ1) is 20.7. The molecule has 0 fully saturated rings. The summed E-state index contributed by atoms with van der Waals surface area (Å²) in [6.45, 7) is -0.154. The Hall–Kier alpha value is -4.57. The van der Waals surface area contributed by atoms with Gasteiger partial charge in [-0.25, -0.2) is 4.68 Å². The summed E-state index contributed by atoms with van der Waals surface area (Å²) >= 11 is 2.62. The number of alkyl halides is 3. The lowest BCUT2D eigenvalue weighted by Crippen LogP contribution is -2.19. The number of anilines is 2. The zero-order valence-electron chi connectivity index (χ0n) is 22.4. The normalized spacial score (nSPS) is 11.4.